The maximum absolute atomic E-state index is 8.27. The Morgan fingerprint density at radius 3 is 2.73 bits per heavy atom. The molecule has 0 aromatic carbocycles. The molecule has 1 nitrogen and oxygen atoms in total. The number of hydrogen-bond acceptors (Lipinski definition) is 1. The van der Waals surface area contributed by atoms with E-state index in [0.717, 1.165) is 12.8 Å². The summed E-state index contributed by atoms with van der Waals surface area (Å²) >= 11 is 0. The van der Waals surface area contributed by atoms with E-state index < -0.39 is 0 Å². The molecule has 0 N–H and O–H groups in total. The van der Waals surface area contributed by atoms with Gasteiger partial charge in [0.2, 0.25) is 0 Å². The van der Waals surface area contributed by atoms with Gasteiger partial charge in [-0.3, -0.25) is 0 Å². The third-order valence-electron chi connectivity index (χ3n) is 2.18. The summed E-state index contributed by atoms with van der Waals surface area (Å²) < 4.78 is 0. The average Bonchev–Trinajstić information content (AvgIpc) is 1.93. The molecule has 0 atom stereocenters. The summed E-state index contributed by atoms with van der Waals surface area (Å²) in [5.41, 5.74) is 1.64. The number of rotatable bonds is 5. The quantitative estimate of drug-likeness (QED) is 0.435. The summed E-state index contributed by atoms with van der Waals surface area (Å²) in [4.78, 5) is 0. The number of hydrogen-bond donors (Lipinski definition) is 0. The minimum atomic E-state index is 0.735. The van der Waals surface area contributed by atoms with Crippen molar-refractivity contribution in [3.63, 3.8) is 0 Å². The van der Waals surface area contributed by atoms with Gasteiger partial charge in [-0.2, -0.15) is 5.26 Å². The van der Waals surface area contributed by atoms with Gasteiger partial charge in [0.1, 0.15) is 0 Å². The summed E-state index contributed by atoms with van der Waals surface area (Å²) in [6.45, 7) is 0. The van der Waals surface area contributed by atoms with Crippen molar-refractivity contribution in [1.82, 2.24) is 0 Å². The molecule has 1 rings (SSSR count). The lowest BCUT2D eigenvalue weighted by atomic mass is 9.94. The van der Waals surface area contributed by atoms with Crippen LogP contribution in [0.2, 0.25) is 0 Å². The molecular weight excluding hydrogens is 134 g/mol. The van der Waals surface area contributed by atoms with Crippen LogP contribution in [0.25, 0.3) is 0 Å². The van der Waals surface area contributed by atoms with Crippen molar-refractivity contribution >= 4 is 0 Å². The third-order valence-corrected chi connectivity index (χ3v) is 2.18. The standard InChI is InChI=1S/C10H15N/c11-9-4-2-1-3-6-10-7-5-8-10/h7H,1-6,8H2. The Labute approximate surface area is 68.7 Å². The van der Waals surface area contributed by atoms with Gasteiger partial charge in [-0.05, 0) is 32.1 Å². The molecule has 0 fully saturated rings. The Morgan fingerprint density at radius 2 is 2.18 bits per heavy atom. The molecule has 0 saturated heterocycles. The Balaban J connectivity index is 1.85. The minimum absolute atomic E-state index is 0.735. The van der Waals surface area contributed by atoms with Crippen LogP contribution in [0.3, 0.4) is 0 Å². The fourth-order valence-electron chi connectivity index (χ4n) is 1.31. The first kappa shape index (κ1) is 8.33. The van der Waals surface area contributed by atoms with Gasteiger partial charge in [-0.25, -0.2) is 0 Å². The van der Waals surface area contributed by atoms with E-state index in [1.54, 1.807) is 5.57 Å². The second-order valence-electron chi connectivity index (χ2n) is 3.12. The molecule has 0 amide bonds. The van der Waals surface area contributed by atoms with Crippen LogP contribution < -0.4 is 0 Å². The van der Waals surface area contributed by atoms with Crippen LogP contribution in [0.4, 0.5) is 0 Å². The first-order valence-corrected chi connectivity index (χ1v) is 4.48. The fraction of sp³-hybridized carbons (Fsp3) is 0.700. The van der Waals surface area contributed by atoms with Crippen LogP contribution in [0.5, 0.6) is 0 Å². The molecule has 1 heteroatoms. The van der Waals surface area contributed by atoms with Gasteiger partial charge in [0, 0.05) is 6.42 Å². The SMILES string of the molecule is N#CCCCCCC1=CCC1. The highest BCUT2D eigenvalue weighted by Gasteiger charge is 2.03. The van der Waals surface area contributed by atoms with Crippen molar-refractivity contribution in [2.24, 2.45) is 0 Å². The van der Waals surface area contributed by atoms with E-state index in [4.69, 9.17) is 5.26 Å². The maximum atomic E-state index is 8.27. The Morgan fingerprint density at radius 1 is 1.36 bits per heavy atom. The zero-order valence-corrected chi connectivity index (χ0v) is 6.97. The van der Waals surface area contributed by atoms with Gasteiger partial charge in [0.25, 0.3) is 0 Å². The van der Waals surface area contributed by atoms with Gasteiger partial charge >= 0.3 is 0 Å². The lowest BCUT2D eigenvalue weighted by Gasteiger charge is -2.13. The minimum Gasteiger partial charge on any atom is -0.198 e. The van der Waals surface area contributed by atoms with Crippen LogP contribution in [0, 0.1) is 11.3 Å². The molecule has 0 heterocycles. The summed E-state index contributed by atoms with van der Waals surface area (Å²) in [5.74, 6) is 0. The van der Waals surface area contributed by atoms with Gasteiger partial charge in [-0.15, -0.1) is 0 Å². The molecule has 1 aliphatic carbocycles. The van der Waals surface area contributed by atoms with Crippen LogP contribution in [-0.4, -0.2) is 0 Å². The second-order valence-corrected chi connectivity index (χ2v) is 3.12. The predicted molar refractivity (Wildman–Crippen MR) is 46.0 cm³/mol. The number of unbranched alkanes of at least 4 members (excludes halogenated alkanes) is 3. The molecule has 60 valence electrons. The summed E-state index contributed by atoms with van der Waals surface area (Å²) in [5, 5.41) is 8.27. The highest BCUT2D eigenvalue weighted by Crippen LogP contribution is 2.23. The van der Waals surface area contributed by atoms with Crippen molar-refractivity contribution in [3.8, 4) is 6.07 Å². The molecule has 11 heavy (non-hydrogen) atoms. The summed E-state index contributed by atoms with van der Waals surface area (Å²) in [7, 11) is 0. The molecule has 0 spiro atoms. The molecule has 1 aliphatic rings. The monoisotopic (exact) mass is 149 g/mol. The topological polar surface area (TPSA) is 23.8 Å². The lowest BCUT2D eigenvalue weighted by Crippen LogP contribution is -1.93. The van der Waals surface area contributed by atoms with E-state index in [9.17, 15) is 0 Å². The van der Waals surface area contributed by atoms with E-state index in [0.29, 0.717) is 0 Å². The van der Waals surface area contributed by atoms with Crippen molar-refractivity contribution < 1.29 is 0 Å². The van der Waals surface area contributed by atoms with Gasteiger partial charge in [0.05, 0.1) is 6.07 Å². The maximum Gasteiger partial charge on any atom is 0.0621 e. The Hall–Kier alpha value is -0.770. The Kier molecular flexibility index (Phi) is 3.75. The van der Waals surface area contributed by atoms with E-state index in [1.807, 2.05) is 0 Å². The fourth-order valence-corrected chi connectivity index (χ4v) is 1.31. The molecule has 0 aromatic heterocycles. The normalized spacial score (nSPS) is 15.0. The molecular formula is C10H15N. The van der Waals surface area contributed by atoms with Gasteiger partial charge in [0.15, 0.2) is 0 Å². The number of allylic oxidation sites excluding steroid dienone is 2. The van der Waals surface area contributed by atoms with Gasteiger partial charge in [-0.1, -0.05) is 18.1 Å². The molecule has 0 saturated carbocycles. The summed E-state index contributed by atoms with van der Waals surface area (Å²) in [6.07, 6.45) is 10.6. The van der Waals surface area contributed by atoms with Crippen LogP contribution in [-0.2, 0) is 0 Å². The largest absolute Gasteiger partial charge is 0.198 e. The third kappa shape index (κ3) is 3.23. The molecule has 0 unspecified atom stereocenters. The number of nitriles is 1. The van der Waals surface area contributed by atoms with Crippen LogP contribution >= 0.6 is 0 Å². The number of nitrogens with zero attached hydrogens (tertiary/aromatic N) is 1. The van der Waals surface area contributed by atoms with E-state index in [1.165, 1.54) is 32.1 Å². The zero-order valence-electron chi connectivity index (χ0n) is 6.97. The highest BCUT2D eigenvalue weighted by atomic mass is 14.2. The molecule has 0 radical (unpaired) electrons. The molecule has 0 aromatic rings. The van der Waals surface area contributed by atoms with Crippen molar-refractivity contribution in [2.75, 3.05) is 0 Å². The smallest absolute Gasteiger partial charge is 0.0621 e. The lowest BCUT2D eigenvalue weighted by molar-refractivity contribution is 0.656. The van der Waals surface area contributed by atoms with Crippen LogP contribution in [0.1, 0.15) is 44.9 Å². The van der Waals surface area contributed by atoms with Crippen molar-refractivity contribution in [2.45, 2.75) is 44.9 Å². The van der Waals surface area contributed by atoms with Crippen molar-refractivity contribution in [1.29, 1.82) is 5.26 Å². The molecule has 0 aliphatic heterocycles. The molecule has 0 bridgehead atoms. The second kappa shape index (κ2) is 4.96. The van der Waals surface area contributed by atoms with Crippen molar-refractivity contribution in [3.05, 3.63) is 11.6 Å². The van der Waals surface area contributed by atoms with Crippen LogP contribution in [0.15, 0.2) is 11.6 Å². The first-order valence-electron chi connectivity index (χ1n) is 4.48. The summed E-state index contributed by atoms with van der Waals surface area (Å²) in [6, 6.07) is 2.17. The first-order chi connectivity index (χ1) is 5.43. The predicted octanol–water partition coefficient (Wildman–Crippen LogP) is 3.18. The zero-order chi connectivity index (χ0) is 7.94. The average molecular weight is 149 g/mol. The Bertz CT molecular complexity index is 174. The van der Waals surface area contributed by atoms with E-state index >= 15 is 0 Å². The van der Waals surface area contributed by atoms with Gasteiger partial charge < -0.3 is 0 Å². The van der Waals surface area contributed by atoms with E-state index in [-0.39, 0.29) is 0 Å². The highest BCUT2D eigenvalue weighted by molar-refractivity contribution is 5.11. The van der Waals surface area contributed by atoms with E-state index in [2.05, 4.69) is 12.1 Å².